The molecule has 0 fully saturated rings. The second kappa shape index (κ2) is 6.97. The fourth-order valence-corrected chi connectivity index (χ4v) is 3.26. The summed E-state index contributed by atoms with van der Waals surface area (Å²) in [4.78, 5) is 9.27. The monoisotopic (exact) mass is 391 g/mol. The fraction of sp³-hybridized carbons (Fsp3) is 0.316. The van der Waals surface area contributed by atoms with Crippen LogP contribution in [-0.4, -0.2) is 31.2 Å². The summed E-state index contributed by atoms with van der Waals surface area (Å²) in [5.41, 5.74) is 3.77. The molecule has 0 saturated heterocycles. The normalized spacial score (nSPS) is 14.9. The molecule has 1 aliphatic rings. The first-order chi connectivity index (χ1) is 13.3. The van der Waals surface area contributed by atoms with Crippen LogP contribution in [0.15, 0.2) is 36.7 Å². The Hall–Kier alpha value is -2.81. The van der Waals surface area contributed by atoms with Crippen molar-refractivity contribution in [2.75, 3.05) is 6.54 Å². The minimum Gasteiger partial charge on any atom is -0.294 e. The molecule has 0 radical (unpaired) electrons. The van der Waals surface area contributed by atoms with Crippen molar-refractivity contribution in [2.45, 2.75) is 32.6 Å². The first kappa shape index (κ1) is 18.5. The van der Waals surface area contributed by atoms with Crippen molar-refractivity contribution in [3.8, 4) is 5.69 Å². The van der Waals surface area contributed by atoms with Crippen LogP contribution in [0.3, 0.4) is 0 Å². The standard InChI is InChI=1S/C19H17F4N5/c1-12-14(11-28(26-12)16-4-2-15(20)3-5-16)10-27-7-6-17-13(9-27)8-24-18(25-17)19(21,22)23/h2-5,8,11H,6-7,9-10H2,1H3. The number of nitrogens with zero attached hydrogens (tertiary/aromatic N) is 5. The van der Waals surface area contributed by atoms with Crippen LogP contribution in [0.2, 0.25) is 0 Å². The maximum Gasteiger partial charge on any atom is 0.451 e. The van der Waals surface area contributed by atoms with Crippen LogP contribution in [0.1, 0.15) is 28.3 Å². The Labute approximate surface area is 158 Å². The zero-order valence-corrected chi connectivity index (χ0v) is 15.0. The highest BCUT2D eigenvalue weighted by Crippen LogP contribution is 2.28. The predicted octanol–water partition coefficient (Wildman–Crippen LogP) is 3.69. The van der Waals surface area contributed by atoms with Crippen molar-refractivity contribution in [1.82, 2.24) is 24.6 Å². The molecular formula is C19H17F4N5. The molecule has 0 aliphatic carbocycles. The molecule has 146 valence electrons. The zero-order chi connectivity index (χ0) is 19.9. The SMILES string of the molecule is Cc1nn(-c2ccc(F)cc2)cc1CN1CCc2nc(C(F)(F)F)ncc2C1. The minimum absolute atomic E-state index is 0.310. The Morgan fingerprint density at radius 2 is 1.89 bits per heavy atom. The van der Waals surface area contributed by atoms with E-state index in [1.165, 1.54) is 18.3 Å². The van der Waals surface area contributed by atoms with Crippen molar-refractivity contribution in [2.24, 2.45) is 0 Å². The second-order valence-corrected chi connectivity index (χ2v) is 6.78. The van der Waals surface area contributed by atoms with Gasteiger partial charge < -0.3 is 0 Å². The molecular weight excluding hydrogens is 374 g/mol. The maximum absolute atomic E-state index is 13.1. The number of aromatic nitrogens is 4. The lowest BCUT2D eigenvalue weighted by Crippen LogP contribution is -2.31. The average Bonchev–Trinajstić information content (AvgIpc) is 3.01. The molecule has 5 nitrogen and oxygen atoms in total. The highest BCUT2D eigenvalue weighted by Gasteiger charge is 2.35. The molecule has 1 aliphatic heterocycles. The van der Waals surface area contributed by atoms with E-state index >= 15 is 0 Å². The average molecular weight is 391 g/mol. The molecule has 2 aromatic heterocycles. The van der Waals surface area contributed by atoms with Gasteiger partial charge in [0, 0.05) is 49.6 Å². The molecule has 0 unspecified atom stereocenters. The molecule has 0 spiro atoms. The van der Waals surface area contributed by atoms with E-state index in [2.05, 4.69) is 20.0 Å². The second-order valence-electron chi connectivity index (χ2n) is 6.78. The number of benzene rings is 1. The van der Waals surface area contributed by atoms with Crippen LogP contribution in [0.25, 0.3) is 5.69 Å². The van der Waals surface area contributed by atoms with Crippen molar-refractivity contribution >= 4 is 0 Å². The van der Waals surface area contributed by atoms with Gasteiger partial charge >= 0.3 is 6.18 Å². The Morgan fingerprint density at radius 3 is 2.61 bits per heavy atom. The molecule has 3 aromatic rings. The lowest BCUT2D eigenvalue weighted by Gasteiger charge is -2.27. The number of fused-ring (bicyclic) bond motifs is 1. The van der Waals surface area contributed by atoms with Crippen LogP contribution in [0.4, 0.5) is 17.6 Å². The van der Waals surface area contributed by atoms with Crippen LogP contribution < -0.4 is 0 Å². The van der Waals surface area contributed by atoms with Crippen molar-refractivity contribution in [1.29, 1.82) is 0 Å². The highest BCUT2D eigenvalue weighted by atomic mass is 19.4. The first-order valence-corrected chi connectivity index (χ1v) is 8.75. The molecule has 0 saturated carbocycles. The number of aryl methyl sites for hydroxylation is 1. The maximum atomic E-state index is 13.1. The summed E-state index contributed by atoms with van der Waals surface area (Å²) in [6, 6.07) is 6.06. The Kier molecular flexibility index (Phi) is 4.62. The van der Waals surface area contributed by atoms with Crippen LogP contribution in [0.5, 0.6) is 0 Å². The van der Waals surface area contributed by atoms with Crippen molar-refractivity contribution in [3.05, 3.63) is 70.8 Å². The Morgan fingerprint density at radius 1 is 1.14 bits per heavy atom. The summed E-state index contributed by atoms with van der Waals surface area (Å²) < 4.78 is 53.1. The molecule has 4 rings (SSSR count). The van der Waals surface area contributed by atoms with Gasteiger partial charge in [0.25, 0.3) is 0 Å². The highest BCUT2D eigenvalue weighted by molar-refractivity contribution is 5.33. The number of hydrogen-bond donors (Lipinski definition) is 0. The van der Waals surface area contributed by atoms with E-state index in [1.54, 1.807) is 16.8 Å². The van der Waals surface area contributed by atoms with E-state index in [0.29, 0.717) is 37.3 Å². The molecule has 3 heterocycles. The van der Waals surface area contributed by atoms with Crippen molar-refractivity contribution in [3.63, 3.8) is 0 Å². The van der Waals surface area contributed by atoms with Gasteiger partial charge in [-0.2, -0.15) is 18.3 Å². The largest absolute Gasteiger partial charge is 0.451 e. The van der Waals surface area contributed by atoms with Gasteiger partial charge in [-0.3, -0.25) is 4.90 Å². The molecule has 9 heteroatoms. The molecule has 0 N–H and O–H groups in total. The van der Waals surface area contributed by atoms with Crippen LogP contribution >= 0.6 is 0 Å². The van der Waals surface area contributed by atoms with Crippen molar-refractivity contribution < 1.29 is 17.6 Å². The molecule has 1 aromatic carbocycles. The predicted molar refractivity (Wildman–Crippen MR) is 93.1 cm³/mol. The summed E-state index contributed by atoms with van der Waals surface area (Å²) >= 11 is 0. The molecule has 0 bridgehead atoms. The van der Waals surface area contributed by atoms with Gasteiger partial charge in [-0.05, 0) is 31.2 Å². The fourth-order valence-electron chi connectivity index (χ4n) is 3.26. The van der Waals surface area contributed by atoms with Gasteiger partial charge in [0.15, 0.2) is 0 Å². The quantitative estimate of drug-likeness (QED) is 0.639. The van der Waals surface area contributed by atoms with E-state index in [-0.39, 0.29) is 5.82 Å². The number of alkyl halides is 3. The minimum atomic E-state index is -4.53. The number of hydrogen-bond acceptors (Lipinski definition) is 4. The van der Waals surface area contributed by atoms with Gasteiger partial charge in [-0.25, -0.2) is 19.0 Å². The Bertz CT molecular complexity index is 995. The molecule has 0 atom stereocenters. The first-order valence-electron chi connectivity index (χ1n) is 8.75. The Balaban J connectivity index is 1.50. The summed E-state index contributed by atoms with van der Waals surface area (Å²) in [7, 11) is 0. The van der Waals surface area contributed by atoms with Gasteiger partial charge in [-0.15, -0.1) is 0 Å². The lowest BCUT2D eigenvalue weighted by atomic mass is 10.1. The van der Waals surface area contributed by atoms with Gasteiger partial charge in [0.2, 0.25) is 5.82 Å². The smallest absolute Gasteiger partial charge is 0.294 e. The summed E-state index contributed by atoms with van der Waals surface area (Å²) in [5.74, 6) is -1.40. The third-order valence-corrected chi connectivity index (χ3v) is 4.75. The van der Waals surface area contributed by atoms with E-state index in [4.69, 9.17) is 0 Å². The zero-order valence-electron chi connectivity index (χ0n) is 15.0. The van der Waals surface area contributed by atoms with Crippen LogP contribution in [-0.2, 0) is 25.7 Å². The van der Waals surface area contributed by atoms with Gasteiger partial charge in [0.1, 0.15) is 5.82 Å². The lowest BCUT2D eigenvalue weighted by molar-refractivity contribution is -0.145. The summed E-state index contributed by atoms with van der Waals surface area (Å²) in [6.45, 7) is 3.58. The topological polar surface area (TPSA) is 46.8 Å². The molecule has 0 amide bonds. The van der Waals surface area contributed by atoms with E-state index in [1.807, 2.05) is 13.1 Å². The van der Waals surface area contributed by atoms with Crippen LogP contribution in [0, 0.1) is 12.7 Å². The molecule has 28 heavy (non-hydrogen) atoms. The third kappa shape index (κ3) is 3.75. The van der Waals surface area contributed by atoms with E-state index in [0.717, 1.165) is 16.9 Å². The third-order valence-electron chi connectivity index (χ3n) is 4.75. The summed E-state index contributed by atoms with van der Waals surface area (Å²) in [5, 5.41) is 4.48. The van der Waals surface area contributed by atoms with E-state index < -0.39 is 12.0 Å². The van der Waals surface area contributed by atoms with Gasteiger partial charge in [-0.1, -0.05) is 0 Å². The van der Waals surface area contributed by atoms with E-state index in [9.17, 15) is 17.6 Å². The summed E-state index contributed by atoms with van der Waals surface area (Å²) in [6.07, 6.45) is -0.933. The van der Waals surface area contributed by atoms with Gasteiger partial charge in [0.05, 0.1) is 17.1 Å². The number of rotatable bonds is 3. The number of halogens is 4.